The summed E-state index contributed by atoms with van der Waals surface area (Å²) < 4.78 is 12.9. The van der Waals surface area contributed by atoms with Gasteiger partial charge in [-0.3, -0.25) is 19.9 Å². The molecule has 2 N–H and O–H groups in total. The number of amides is 3. The van der Waals surface area contributed by atoms with Gasteiger partial charge < -0.3 is 14.6 Å². The SMILES string of the molecule is CC(C)OCCCNC1=[N+](CC(O)COc2ccccc2)C2C(=O)N(C)C(=O)N(C)C2=N1. The standard InChI is InChI=1S/C22H31N5O5/c1-15(2)31-12-8-11-23-21-24-19-18(20(29)26(4)22(30)25(19)3)27(21)13-16(28)14-32-17-9-6-5-7-10-17/h5-7,9-10,15-16,18,28H,8,11-14H2,1-4H3/p+1. The lowest BCUT2D eigenvalue weighted by atomic mass is 10.1. The summed E-state index contributed by atoms with van der Waals surface area (Å²) in [4.78, 5) is 32.2. The predicted molar refractivity (Wildman–Crippen MR) is 119 cm³/mol. The minimum atomic E-state index is -0.883. The molecule has 2 aliphatic rings. The second-order valence-corrected chi connectivity index (χ2v) is 8.07. The number of benzene rings is 1. The van der Waals surface area contributed by atoms with Crippen LogP contribution in [0.5, 0.6) is 5.75 Å². The Bertz CT molecular complexity index is 886. The highest BCUT2D eigenvalue weighted by molar-refractivity contribution is 6.22. The third-order valence-electron chi connectivity index (χ3n) is 5.18. The van der Waals surface area contributed by atoms with E-state index in [1.165, 1.54) is 11.9 Å². The maximum Gasteiger partial charge on any atom is 0.390 e. The molecule has 1 aromatic carbocycles. The summed E-state index contributed by atoms with van der Waals surface area (Å²) in [6, 6.07) is 7.97. The van der Waals surface area contributed by atoms with Gasteiger partial charge in [0.1, 0.15) is 18.5 Å². The summed E-state index contributed by atoms with van der Waals surface area (Å²) >= 11 is 0. The molecule has 3 rings (SSSR count). The van der Waals surface area contributed by atoms with Crippen LogP contribution in [0.1, 0.15) is 20.3 Å². The molecule has 1 fully saturated rings. The highest BCUT2D eigenvalue weighted by atomic mass is 16.5. The molecular weight excluding hydrogens is 414 g/mol. The Morgan fingerprint density at radius 3 is 2.59 bits per heavy atom. The molecule has 0 spiro atoms. The van der Waals surface area contributed by atoms with Crippen LogP contribution < -0.4 is 10.1 Å². The van der Waals surface area contributed by atoms with Crippen molar-refractivity contribution in [3.63, 3.8) is 0 Å². The van der Waals surface area contributed by atoms with E-state index in [-0.39, 0.29) is 25.2 Å². The number of ether oxygens (including phenoxy) is 2. The Labute approximate surface area is 188 Å². The van der Waals surface area contributed by atoms with Gasteiger partial charge in [0.05, 0.1) is 19.2 Å². The zero-order valence-electron chi connectivity index (χ0n) is 19.0. The van der Waals surface area contributed by atoms with Gasteiger partial charge >= 0.3 is 12.0 Å². The molecule has 0 bridgehead atoms. The third-order valence-corrected chi connectivity index (χ3v) is 5.18. The molecule has 1 saturated heterocycles. The number of urea groups is 1. The fourth-order valence-electron chi connectivity index (χ4n) is 3.51. The summed E-state index contributed by atoms with van der Waals surface area (Å²) in [7, 11) is 3.03. The number of carbonyl (C=O) groups is 2. The predicted octanol–water partition coefficient (Wildman–Crippen LogP) is 0.504. The van der Waals surface area contributed by atoms with Crippen molar-refractivity contribution < 1.29 is 28.7 Å². The minimum absolute atomic E-state index is 0.0525. The van der Waals surface area contributed by atoms with Crippen LogP contribution in [0.2, 0.25) is 0 Å². The van der Waals surface area contributed by atoms with Crippen LogP contribution in [0.3, 0.4) is 0 Å². The molecule has 0 saturated carbocycles. The number of hydrogen-bond acceptors (Lipinski definition) is 7. The second kappa shape index (κ2) is 10.6. The number of carbonyl (C=O) groups excluding carboxylic acids is 2. The molecule has 3 amide bonds. The number of guanidine groups is 1. The topological polar surface area (TPSA) is 107 Å². The lowest BCUT2D eigenvalue weighted by molar-refractivity contribution is -0.545. The fraction of sp³-hybridized carbons (Fsp3) is 0.545. The zero-order valence-corrected chi connectivity index (χ0v) is 19.0. The van der Waals surface area contributed by atoms with Crippen LogP contribution in [0, 0.1) is 0 Å². The van der Waals surface area contributed by atoms with Gasteiger partial charge in [0.15, 0.2) is 0 Å². The monoisotopic (exact) mass is 446 g/mol. The van der Waals surface area contributed by atoms with E-state index in [4.69, 9.17) is 9.47 Å². The van der Waals surface area contributed by atoms with Crippen molar-refractivity contribution in [1.29, 1.82) is 0 Å². The van der Waals surface area contributed by atoms with Gasteiger partial charge in [0.2, 0.25) is 11.9 Å². The Balaban J connectivity index is 1.72. The molecule has 174 valence electrons. The lowest BCUT2D eigenvalue weighted by Crippen LogP contribution is -2.62. The summed E-state index contributed by atoms with van der Waals surface area (Å²) in [6.07, 6.45) is 0.0149. The van der Waals surface area contributed by atoms with Crippen molar-refractivity contribution in [2.45, 2.75) is 38.5 Å². The van der Waals surface area contributed by atoms with E-state index < -0.39 is 18.2 Å². The van der Waals surface area contributed by atoms with Gasteiger partial charge in [-0.2, -0.15) is 0 Å². The average Bonchev–Trinajstić information content (AvgIpc) is 3.13. The molecule has 1 aromatic rings. The molecular formula is C22H32N5O5+. The number of β-amino-alcohol motifs (C(OH)–C–C–N with tert-alkyl or cyclic N) is 1. The third kappa shape index (κ3) is 5.43. The quantitative estimate of drug-likeness (QED) is 0.401. The normalized spacial score (nSPS) is 19.4. The number of hydrogen-bond donors (Lipinski definition) is 2. The zero-order chi connectivity index (χ0) is 23.3. The van der Waals surface area contributed by atoms with E-state index in [1.54, 1.807) is 11.6 Å². The summed E-state index contributed by atoms with van der Waals surface area (Å²) in [5.41, 5.74) is 0. The number of fused-ring (bicyclic) bond motifs is 1. The molecule has 2 atom stereocenters. The van der Waals surface area contributed by atoms with E-state index in [1.807, 2.05) is 44.2 Å². The molecule has 32 heavy (non-hydrogen) atoms. The van der Waals surface area contributed by atoms with Crippen LogP contribution in [0.15, 0.2) is 35.3 Å². The van der Waals surface area contributed by atoms with Crippen LogP contribution in [-0.4, -0.2) is 102 Å². The Hall–Kier alpha value is -2.98. The second-order valence-electron chi connectivity index (χ2n) is 8.07. The van der Waals surface area contributed by atoms with Crippen molar-refractivity contribution in [3.05, 3.63) is 30.3 Å². The first-order valence-corrected chi connectivity index (χ1v) is 10.8. The number of rotatable bonds is 10. The van der Waals surface area contributed by atoms with Gasteiger partial charge in [-0.05, 0) is 26.0 Å². The molecule has 0 radical (unpaired) electrons. The average molecular weight is 447 g/mol. The Morgan fingerprint density at radius 2 is 1.91 bits per heavy atom. The molecule has 2 heterocycles. The van der Waals surface area contributed by atoms with Gasteiger partial charge in [0, 0.05) is 27.1 Å². The number of nitrogens with zero attached hydrogens (tertiary/aromatic N) is 4. The molecule has 10 heteroatoms. The van der Waals surface area contributed by atoms with Gasteiger partial charge in [-0.1, -0.05) is 23.2 Å². The van der Waals surface area contributed by atoms with Crippen molar-refractivity contribution in [2.24, 2.45) is 4.99 Å². The first-order chi connectivity index (χ1) is 15.3. The Kier molecular flexibility index (Phi) is 7.81. The lowest BCUT2D eigenvalue weighted by Gasteiger charge is -2.32. The van der Waals surface area contributed by atoms with Gasteiger partial charge in [-0.15, -0.1) is 0 Å². The van der Waals surface area contributed by atoms with E-state index in [2.05, 4.69) is 10.3 Å². The smallest absolute Gasteiger partial charge is 0.390 e. The van der Waals surface area contributed by atoms with Crippen LogP contribution in [-0.2, 0) is 9.53 Å². The maximum atomic E-state index is 12.9. The van der Waals surface area contributed by atoms with Crippen molar-refractivity contribution in [1.82, 2.24) is 15.1 Å². The molecule has 0 aromatic heterocycles. The van der Waals surface area contributed by atoms with Gasteiger partial charge in [0.25, 0.3) is 5.91 Å². The van der Waals surface area contributed by atoms with Crippen LogP contribution in [0.25, 0.3) is 0 Å². The number of para-hydroxylation sites is 1. The fourth-order valence-corrected chi connectivity index (χ4v) is 3.51. The number of aliphatic hydroxyl groups is 1. The number of amidine groups is 1. The first-order valence-electron chi connectivity index (χ1n) is 10.8. The Morgan fingerprint density at radius 1 is 1.19 bits per heavy atom. The number of aliphatic imine (C=N–C) groups is 1. The molecule has 0 aliphatic carbocycles. The number of aliphatic hydroxyl groups excluding tert-OH is 1. The summed E-state index contributed by atoms with van der Waals surface area (Å²) in [5, 5.41) is 13.9. The maximum absolute atomic E-state index is 12.9. The number of likely N-dealkylation sites (N-methyl/N-ethyl adjacent to an activating group) is 2. The molecule has 2 aliphatic heterocycles. The largest absolute Gasteiger partial charge is 0.491 e. The molecule has 10 nitrogen and oxygen atoms in total. The number of imide groups is 1. The highest BCUT2D eigenvalue weighted by Gasteiger charge is 2.51. The van der Waals surface area contributed by atoms with Crippen molar-refractivity contribution >= 4 is 23.7 Å². The summed E-state index contributed by atoms with van der Waals surface area (Å²) in [5.74, 6) is 1.05. The first kappa shape index (κ1) is 23.7. The number of nitrogens with one attached hydrogen (secondary N) is 1. The van der Waals surface area contributed by atoms with Crippen LogP contribution in [0.4, 0.5) is 4.79 Å². The van der Waals surface area contributed by atoms with Crippen molar-refractivity contribution in [3.8, 4) is 5.75 Å². The van der Waals surface area contributed by atoms with E-state index in [0.29, 0.717) is 30.7 Å². The van der Waals surface area contributed by atoms with E-state index in [9.17, 15) is 14.7 Å². The van der Waals surface area contributed by atoms with E-state index >= 15 is 0 Å². The molecule has 2 unspecified atom stereocenters. The van der Waals surface area contributed by atoms with E-state index in [0.717, 1.165) is 11.3 Å². The van der Waals surface area contributed by atoms with Crippen LogP contribution >= 0.6 is 0 Å². The minimum Gasteiger partial charge on any atom is -0.491 e. The highest BCUT2D eigenvalue weighted by Crippen LogP contribution is 2.19. The van der Waals surface area contributed by atoms with Gasteiger partial charge in [-0.25, -0.2) is 9.37 Å². The summed E-state index contributed by atoms with van der Waals surface area (Å²) in [6.45, 7) is 5.27. The van der Waals surface area contributed by atoms with Crippen molar-refractivity contribution in [2.75, 3.05) is 40.4 Å².